The van der Waals surface area contributed by atoms with Crippen molar-refractivity contribution in [2.45, 2.75) is 168 Å². The van der Waals surface area contributed by atoms with E-state index < -0.39 is 0 Å². The highest BCUT2D eigenvalue weighted by Gasteiger charge is 2.09. The van der Waals surface area contributed by atoms with Crippen molar-refractivity contribution in [3.63, 3.8) is 0 Å². The van der Waals surface area contributed by atoms with Crippen LogP contribution < -0.4 is 0 Å². The third-order valence-corrected chi connectivity index (χ3v) is 6.19. The molecule has 0 aliphatic carbocycles. The molecule has 1 atom stereocenters. The molecule has 31 heavy (non-hydrogen) atoms. The normalized spacial score (nSPS) is 12.5. The molecule has 0 spiro atoms. The fourth-order valence-electron chi connectivity index (χ4n) is 4.07. The molecule has 0 rings (SSSR count). The molecule has 0 aliphatic rings. The Bertz CT molecular complexity index is 388. The molecule has 0 aromatic rings. The third kappa shape index (κ3) is 25.3. The molecule has 2 nitrogen and oxygen atoms in total. The lowest BCUT2D eigenvalue weighted by Crippen LogP contribution is -2.14. The van der Waals surface area contributed by atoms with Crippen LogP contribution in [0.15, 0.2) is 12.2 Å². The van der Waals surface area contributed by atoms with Gasteiger partial charge in [-0.15, -0.1) is 0 Å². The maximum Gasteiger partial charge on any atom is 0.306 e. The minimum atomic E-state index is 0.00748. The molecule has 0 bridgehead atoms. The average Bonchev–Trinajstić information content (AvgIpc) is 2.75. The molecular formula is C29H56O2. The zero-order chi connectivity index (χ0) is 22.8. The molecule has 0 N–H and O–H groups in total. The predicted molar refractivity (Wildman–Crippen MR) is 138 cm³/mol. The van der Waals surface area contributed by atoms with Crippen LogP contribution in [-0.2, 0) is 9.53 Å². The number of esters is 1. The van der Waals surface area contributed by atoms with Gasteiger partial charge in [0.05, 0.1) is 6.10 Å². The van der Waals surface area contributed by atoms with E-state index in [0.29, 0.717) is 6.42 Å². The molecule has 2 heteroatoms. The van der Waals surface area contributed by atoms with Gasteiger partial charge in [-0.1, -0.05) is 116 Å². The number of hydrogen-bond acceptors (Lipinski definition) is 2. The second kappa shape index (κ2) is 25.5. The molecule has 184 valence electrons. The minimum absolute atomic E-state index is 0.00748. The molecule has 0 saturated carbocycles. The molecule has 0 radical (unpaired) electrons. The first-order chi connectivity index (χ1) is 15.2. The summed E-state index contributed by atoms with van der Waals surface area (Å²) in [5.41, 5.74) is 0. The van der Waals surface area contributed by atoms with Crippen molar-refractivity contribution >= 4 is 5.97 Å². The van der Waals surface area contributed by atoms with Gasteiger partial charge in [-0.05, 0) is 51.9 Å². The smallest absolute Gasteiger partial charge is 0.306 e. The number of unbranched alkanes of at least 4 members (excludes halogenated alkanes) is 17. The number of allylic oxidation sites excluding steroid dienone is 2. The summed E-state index contributed by atoms with van der Waals surface area (Å²) in [6.45, 7) is 6.58. The van der Waals surface area contributed by atoms with Gasteiger partial charge in [0.15, 0.2) is 0 Å². The zero-order valence-corrected chi connectivity index (χ0v) is 21.6. The fraction of sp³-hybridized carbons (Fsp3) is 0.897. The Morgan fingerprint density at radius 1 is 0.613 bits per heavy atom. The Hall–Kier alpha value is -0.790. The highest BCUT2D eigenvalue weighted by atomic mass is 16.5. The van der Waals surface area contributed by atoms with Crippen molar-refractivity contribution in [3.05, 3.63) is 12.2 Å². The fourth-order valence-corrected chi connectivity index (χ4v) is 4.07. The molecule has 0 saturated heterocycles. The SMILES string of the molecule is CCCCCCCC/C=C\CCCCCCCC(=O)OC(C)CCCCCCCCC. The van der Waals surface area contributed by atoms with Gasteiger partial charge in [-0.25, -0.2) is 0 Å². The molecule has 0 aliphatic heterocycles. The van der Waals surface area contributed by atoms with Crippen LogP contribution in [0.25, 0.3) is 0 Å². The first-order valence-corrected chi connectivity index (χ1v) is 14.0. The summed E-state index contributed by atoms with van der Waals surface area (Å²) in [5, 5.41) is 0. The second-order valence-electron chi connectivity index (χ2n) is 9.54. The van der Waals surface area contributed by atoms with E-state index in [4.69, 9.17) is 4.74 Å². The molecule has 0 aromatic carbocycles. The average molecular weight is 437 g/mol. The van der Waals surface area contributed by atoms with Gasteiger partial charge in [0.1, 0.15) is 0 Å². The first kappa shape index (κ1) is 30.2. The lowest BCUT2D eigenvalue weighted by molar-refractivity contribution is -0.148. The zero-order valence-electron chi connectivity index (χ0n) is 21.6. The van der Waals surface area contributed by atoms with E-state index in [2.05, 4.69) is 32.9 Å². The Balaban J connectivity index is 3.33. The van der Waals surface area contributed by atoms with Crippen LogP contribution in [-0.4, -0.2) is 12.1 Å². The van der Waals surface area contributed by atoms with Crippen molar-refractivity contribution in [3.8, 4) is 0 Å². The van der Waals surface area contributed by atoms with Crippen LogP contribution in [0, 0.1) is 0 Å². The maximum absolute atomic E-state index is 12.0. The van der Waals surface area contributed by atoms with Crippen molar-refractivity contribution in [1.29, 1.82) is 0 Å². The summed E-state index contributed by atoms with van der Waals surface area (Å²) >= 11 is 0. The van der Waals surface area contributed by atoms with E-state index in [9.17, 15) is 4.79 Å². The van der Waals surface area contributed by atoms with E-state index in [0.717, 1.165) is 19.3 Å². The van der Waals surface area contributed by atoms with Gasteiger partial charge in [0.2, 0.25) is 0 Å². The number of rotatable bonds is 24. The summed E-state index contributed by atoms with van der Waals surface area (Å²) in [4.78, 5) is 12.0. The van der Waals surface area contributed by atoms with Gasteiger partial charge in [-0.2, -0.15) is 0 Å². The third-order valence-electron chi connectivity index (χ3n) is 6.19. The van der Waals surface area contributed by atoms with Crippen LogP contribution >= 0.6 is 0 Å². The lowest BCUT2D eigenvalue weighted by Gasteiger charge is -2.13. The molecule has 0 fully saturated rings. The summed E-state index contributed by atoms with van der Waals surface area (Å²) in [5.74, 6) is 0.00748. The number of carbonyl (C=O) groups excluding carboxylic acids is 1. The highest BCUT2D eigenvalue weighted by molar-refractivity contribution is 5.69. The van der Waals surface area contributed by atoms with Gasteiger partial charge < -0.3 is 4.74 Å². The van der Waals surface area contributed by atoms with Crippen LogP contribution in [0.5, 0.6) is 0 Å². The molecule has 0 amide bonds. The Morgan fingerprint density at radius 3 is 1.55 bits per heavy atom. The van der Waals surface area contributed by atoms with Crippen LogP contribution in [0.1, 0.15) is 162 Å². The Morgan fingerprint density at radius 2 is 1.03 bits per heavy atom. The van der Waals surface area contributed by atoms with E-state index in [1.807, 2.05) is 0 Å². The Kier molecular flexibility index (Phi) is 24.8. The monoisotopic (exact) mass is 436 g/mol. The first-order valence-electron chi connectivity index (χ1n) is 14.0. The van der Waals surface area contributed by atoms with Gasteiger partial charge in [-0.3, -0.25) is 4.79 Å². The standard InChI is InChI=1S/C29H56O2/c1-4-6-8-10-12-13-14-15-16-17-18-19-21-23-25-27-29(30)31-28(3)26-24-22-20-11-9-7-5-2/h15-16,28H,4-14,17-27H2,1-3H3/b16-15-. The van der Waals surface area contributed by atoms with Crippen molar-refractivity contribution in [2.24, 2.45) is 0 Å². The van der Waals surface area contributed by atoms with Crippen LogP contribution in [0.2, 0.25) is 0 Å². The number of hydrogen-bond donors (Lipinski definition) is 0. The molecule has 1 unspecified atom stereocenters. The van der Waals surface area contributed by atoms with Crippen molar-refractivity contribution in [2.75, 3.05) is 0 Å². The van der Waals surface area contributed by atoms with Crippen molar-refractivity contribution in [1.82, 2.24) is 0 Å². The largest absolute Gasteiger partial charge is 0.463 e. The number of carbonyl (C=O) groups is 1. The van der Waals surface area contributed by atoms with Crippen LogP contribution in [0.4, 0.5) is 0 Å². The van der Waals surface area contributed by atoms with E-state index in [1.165, 1.54) is 116 Å². The van der Waals surface area contributed by atoms with E-state index in [-0.39, 0.29) is 12.1 Å². The van der Waals surface area contributed by atoms with Gasteiger partial charge in [0.25, 0.3) is 0 Å². The summed E-state index contributed by atoms with van der Waals surface area (Å²) in [6.07, 6.45) is 32.4. The van der Waals surface area contributed by atoms with Gasteiger partial charge >= 0.3 is 5.97 Å². The van der Waals surface area contributed by atoms with E-state index in [1.54, 1.807) is 0 Å². The van der Waals surface area contributed by atoms with Crippen LogP contribution in [0.3, 0.4) is 0 Å². The van der Waals surface area contributed by atoms with Gasteiger partial charge in [0, 0.05) is 6.42 Å². The molecular weight excluding hydrogens is 380 g/mol. The quantitative estimate of drug-likeness (QED) is 0.0854. The Labute approximate surface area is 196 Å². The second-order valence-corrected chi connectivity index (χ2v) is 9.54. The summed E-state index contributed by atoms with van der Waals surface area (Å²) in [7, 11) is 0. The maximum atomic E-state index is 12.0. The van der Waals surface area contributed by atoms with Crippen molar-refractivity contribution < 1.29 is 9.53 Å². The topological polar surface area (TPSA) is 26.3 Å². The summed E-state index contributed by atoms with van der Waals surface area (Å²) < 4.78 is 5.57. The number of ether oxygens (including phenoxy) is 1. The minimum Gasteiger partial charge on any atom is -0.463 e. The summed E-state index contributed by atoms with van der Waals surface area (Å²) in [6, 6.07) is 0. The predicted octanol–water partition coefficient (Wildman–Crippen LogP) is 10.1. The van der Waals surface area contributed by atoms with E-state index >= 15 is 0 Å². The molecule has 0 aromatic heterocycles. The molecule has 0 heterocycles. The highest BCUT2D eigenvalue weighted by Crippen LogP contribution is 2.13. The lowest BCUT2D eigenvalue weighted by atomic mass is 10.1.